The highest BCUT2D eigenvalue weighted by Crippen LogP contribution is 2.41. The van der Waals surface area contributed by atoms with Gasteiger partial charge in [-0.1, -0.05) is 6.07 Å². The Balaban J connectivity index is 2.27. The quantitative estimate of drug-likeness (QED) is 0.862. The molecule has 5 nitrogen and oxygen atoms in total. The van der Waals surface area contributed by atoms with Gasteiger partial charge in [-0.05, 0) is 31.4 Å². The topological polar surface area (TPSA) is 75.3 Å². The van der Waals surface area contributed by atoms with Crippen molar-refractivity contribution >= 4 is 17.0 Å². The Kier molecular flexibility index (Phi) is 2.38. The number of imidazole rings is 1. The molecule has 0 spiro atoms. The van der Waals surface area contributed by atoms with Crippen molar-refractivity contribution in [2.24, 2.45) is 0 Å². The number of benzene rings is 1. The summed E-state index contributed by atoms with van der Waals surface area (Å²) in [4.78, 5) is 15.5. The summed E-state index contributed by atoms with van der Waals surface area (Å²) in [6.07, 6.45) is 4.42. The smallest absolute Gasteiger partial charge is 0.337 e. The van der Waals surface area contributed by atoms with Crippen LogP contribution < -0.4 is 0 Å². The van der Waals surface area contributed by atoms with Gasteiger partial charge in [-0.15, -0.1) is 0 Å². The second-order valence-corrected chi connectivity index (χ2v) is 4.83. The number of hydrogen-bond acceptors (Lipinski definition) is 3. The number of carboxylic acid groups (broad SMARTS) is 1. The van der Waals surface area contributed by atoms with Crippen LogP contribution >= 0.6 is 0 Å². The predicted molar refractivity (Wildman–Crippen MR) is 65.6 cm³/mol. The van der Waals surface area contributed by atoms with Gasteiger partial charge in [0, 0.05) is 0 Å². The van der Waals surface area contributed by atoms with E-state index in [1.807, 2.05) is 4.57 Å². The number of hydrogen-bond donors (Lipinski definition) is 2. The third-order valence-corrected chi connectivity index (χ3v) is 3.89. The number of aliphatic hydroxyl groups is 1. The van der Waals surface area contributed by atoms with E-state index in [4.69, 9.17) is 0 Å². The van der Waals surface area contributed by atoms with Crippen LogP contribution in [-0.4, -0.2) is 32.3 Å². The summed E-state index contributed by atoms with van der Waals surface area (Å²) in [6, 6.07) is 5.06. The van der Waals surface area contributed by atoms with Gasteiger partial charge in [0.1, 0.15) is 0 Å². The Hall–Kier alpha value is -1.88. The molecule has 0 atom stereocenters. The summed E-state index contributed by atoms with van der Waals surface area (Å²) in [5.41, 5.74) is 1.15. The molecule has 94 valence electrons. The van der Waals surface area contributed by atoms with Gasteiger partial charge in [0.05, 0.1) is 35.1 Å². The average molecular weight is 246 g/mol. The van der Waals surface area contributed by atoms with E-state index < -0.39 is 5.97 Å². The number of fused-ring (bicyclic) bond motifs is 1. The summed E-state index contributed by atoms with van der Waals surface area (Å²) in [7, 11) is 0. The molecule has 18 heavy (non-hydrogen) atoms. The van der Waals surface area contributed by atoms with Gasteiger partial charge in [-0.2, -0.15) is 0 Å². The minimum atomic E-state index is -0.963. The maximum absolute atomic E-state index is 11.3. The Morgan fingerprint density at radius 1 is 1.44 bits per heavy atom. The van der Waals surface area contributed by atoms with Gasteiger partial charge in [0.15, 0.2) is 0 Å². The van der Waals surface area contributed by atoms with Crippen molar-refractivity contribution in [2.45, 2.75) is 24.8 Å². The molecule has 0 unspecified atom stereocenters. The molecule has 1 aromatic heterocycles. The van der Waals surface area contributed by atoms with Crippen LogP contribution in [0.1, 0.15) is 29.6 Å². The molecule has 1 aliphatic carbocycles. The number of carboxylic acids is 1. The number of aliphatic hydroxyl groups excluding tert-OH is 1. The minimum Gasteiger partial charge on any atom is -0.478 e. The summed E-state index contributed by atoms with van der Waals surface area (Å²) in [5.74, 6) is -0.963. The first kappa shape index (κ1) is 11.2. The summed E-state index contributed by atoms with van der Waals surface area (Å²) in [6.45, 7) is 0.0203. The molecule has 1 aromatic carbocycles. The molecule has 3 rings (SSSR count). The molecule has 0 amide bonds. The highest BCUT2D eigenvalue weighted by atomic mass is 16.4. The van der Waals surface area contributed by atoms with Crippen molar-refractivity contribution in [3.8, 4) is 0 Å². The van der Waals surface area contributed by atoms with E-state index in [1.165, 1.54) is 0 Å². The van der Waals surface area contributed by atoms with E-state index in [9.17, 15) is 15.0 Å². The van der Waals surface area contributed by atoms with Crippen LogP contribution in [0.3, 0.4) is 0 Å². The molecule has 2 aromatic rings. The van der Waals surface area contributed by atoms with Crippen LogP contribution in [0.2, 0.25) is 0 Å². The fourth-order valence-electron chi connectivity index (χ4n) is 2.66. The summed E-state index contributed by atoms with van der Waals surface area (Å²) in [5, 5.41) is 18.9. The van der Waals surface area contributed by atoms with Gasteiger partial charge in [-0.25, -0.2) is 9.78 Å². The van der Waals surface area contributed by atoms with Crippen LogP contribution in [0.5, 0.6) is 0 Å². The molecule has 0 bridgehead atoms. The fourth-order valence-corrected chi connectivity index (χ4v) is 2.66. The minimum absolute atomic E-state index is 0.0203. The van der Waals surface area contributed by atoms with Crippen molar-refractivity contribution in [3.63, 3.8) is 0 Å². The van der Waals surface area contributed by atoms with Crippen LogP contribution in [0.15, 0.2) is 24.5 Å². The van der Waals surface area contributed by atoms with Crippen LogP contribution in [0.4, 0.5) is 0 Å². The molecule has 2 N–H and O–H groups in total. The molecule has 5 heteroatoms. The number of aromatic carboxylic acids is 1. The lowest BCUT2D eigenvalue weighted by atomic mass is 9.77. The van der Waals surface area contributed by atoms with E-state index >= 15 is 0 Å². The first-order valence-electron chi connectivity index (χ1n) is 5.99. The molecule has 1 aliphatic rings. The van der Waals surface area contributed by atoms with Crippen molar-refractivity contribution in [1.82, 2.24) is 9.55 Å². The zero-order valence-corrected chi connectivity index (χ0v) is 9.83. The number of carbonyl (C=O) groups is 1. The zero-order chi connectivity index (χ0) is 12.8. The normalized spacial score (nSPS) is 17.6. The first-order valence-corrected chi connectivity index (χ1v) is 5.99. The van der Waals surface area contributed by atoms with Crippen molar-refractivity contribution < 1.29 is 15.0 Å². The number of aromatic nitrogens is 2. The number of nitrogens with zero attached hydrogens (tertiary/aromatic N) is 2. The molecular formula is C13H14N2O3. The molecule has 1 heterocycles. The average Bonchev–Trinajstić information content (AvgIpc) is 2.73. The molecule has 0 radical (unpaired) electrons. The van der Waals surface area contributed by atoms with E-state index in [1.54, 1.807) is 24.5 Å². The lowest BCUT2D eigenvalue weighted by molar-refractivity contribution is 0.0580. The van der Waals surface area contributed by atoms with Crippen molar-refractivity contribution in [2.75, 3.05) is 6.61 Å². The van der Waals surface area contributed by atoms with Gasteiger partial charge in [0.2, 0.25) is 0 Å². The largest absolute Gasteiger partial charge is 0.478 e. The lowest BCUT2D eigenvalue weighted by Crippen LogP contribution is -2.43. The van der Waals surface area contributed by atoms with E-state index in [-0.39, 0.29) is 17.7 Å². The standard InChI is InChI=1S/C13H14N2O3/c16-7-13(5-2-6-13)15-8-14-10-4-1-3-9(11(10)15)12(17)18/h1,3-4,8,16H,2,5-7H2,(H,17,18). The van der Waals surface area contributed by atoms with Gasteiger partial charge >= 0.3 is 5.97 Å². The maximum atomic E-state index is 11.3. The van der Waals surface area contributed by atoms with E-state index in [0.717, 1.165) is 19.3 Å². The predicted octanol–water partition coefficient (Wildman–Crippen LogP) is 1.61. The van der Waals surface area contributed by atoms with E-state index in [2.05, 4.69) is 4.98 Å². The lowest BCUT2D eigenvalue weighted by Gasteiger charge is -2.42. The number of rotatable bonds is 3. The third-order valence-electron chi connectivity index (χ3n) is 3.89. The van der Waals surface area contributed by atoms with Gasteiger partial charge < -0.3 is 14.8 Å². The Morgan fingerprint density at radius 2 is 2.22 bits per heavy atom. The fraction of sp³-hybridized carbons (Fsp3) is 0.385. The first-order chi connectivity index (χ1) is 8.68. The molecule has 0 saturated heterocycles. The van der Waals surface area contributed by atoms with Crippen molar-refractivity contribution in [3.05, 3.63) is 30.1 Å². The highest BCUT2D eigenvalue weighted by molar-refractivity contribution is 6.01. The van der Waals surface area contributed by atoms with Crippen LogP contribution in [-0.2, 0) is 5.54 Å². The monoisotopic (exact) mass is 246 g/mol. The van der Waals surface area contributed by atoms with Gasteiger partial charge in [-0.3, -0.25) is 0 Å². The SMILES string of the molecule is O=C(O)c1cccc2ncn(C3(CO)CCC3)c12. The Bertz CT molecular complexity index is 608. The molecule has 1 saturated carbocycles. The van der Waals surface area contributed by atoms with E-state index in [0.29, 0.717) is 11.0 Å². The Morgan fingerprint density at radius 3 is 2.78 bits per heavy atom. The number of para-hydroxylation sites is 1. The maximum Gasteiger partial charge on any atom is 0.337 e. The second-order valence-electron chi connectivity index (χ2n) is 4.83. The van der Waals surface area contributed by atoms with Crippen molar-refractivity contribution in [1.29, 1.82) is 0 Å². The molecule has 0 aliphatic heterocycles. The molecular weight excluding hydrogens is 232 g/mol. The third kappa shape index (κ3) is 1.37. The molecule has 1 fully saturated rings. The summed E-state index contributed by atoms with van der Waals surface area (Å²) >= 11 is 0. The van der Waals surface area contributed by atoms with Gasteiger partial charge in [0.25, 0.3) is 0 Å². The van der Waals surface area contributed by atoms with Crippen LogP contribution in [0, 0.1) is 0 Å². The zero-order valence-electron chi connectivity index (χ0n) is 9.83. The summed E-state index contributed by atoms with van der Waals surface area (Å²) < 4.78 is 1.84. The Labute approximate surface area is 104 Å². The highest BCUT2D eigenvalue weighted by Gasteiger charge is 2.39. The second kappa shape index (κ2) is 3.81. The van der Waals surface area contributed by atoms with Crippen LogP contribution in [0.25, 0.3) is 11.0 Å².